The zero-order chi connectivity index (χ0) is 10.2. The van der Waals surface area contributed by atoms with Crippen molar-refractivity contribution < 1.29 is 13.2 Å². The molecule has 0 spiro atoms. The summed E-state index contributed by atoms with van der Waals surface area (Å²) < 4.78 is 34.9. The molecule has 0 aliphatic rings. The molecular formula is C8H16F3NS. The number of nitrogens with one attached hydrogen (secondary N) is 1. The fourth-order valence-corrected chi connectivity index (χ4v) is 1.47. The van der Waals surface area contributed by atoms with Crippen LogP contribution in [0.1, 0.15) is 26.2 Å². The summed E-state index contributed by atoms with van der Waals surface area (Å²) in [5.41, 5.74) is -4.05. The highest BCUT2D eigenvalue weighted by atomic mass is 32.2. The Hall–Kier alpha value is 0.100. The number of rotatable bonds is 7. The molecule has 0 aromatic carbocycles. The maximum atomic E-state index is 11.6. The van der Waals surface area contributed by atoms with Gasteiger partial charge in [-0.05, 0) is 25.9 Å². The first-order chi connectivity index (χ1) is 6.06. The lowest BCUT2D eigenvalue weighted by Gasteiger charge is -2.05. The molecule has 0 atom stereocenters. The van der Waals surface area contributed by atoms with Crippen LogP contribution in [-0.4, -0.2) is 24.4 Å². The van der Waals surface area contributed by atoms with Gasteiger partial charge in [0.05, 0.1) is 0 Å². The van der Waals surface area contributed by atoms with Gasteiger partial charge in [0.15, 0.2) is 0 Å². The van der Waals surface area contributed by atoms with Crippen LogP contribution < -0.4 is 5.32 Å². The predicted molar refractivity (Wildman–Crippen MR) is 50.9 cm³/mol. The number of halogens is 3. The van der Waals surface area contributed by atoms with Crippen molar-refractivity contribution in [3.05, 3.63) is 0 Å². The van der Waals surface area contributed by atoms with E-state index in [4.69, 9.17) is 0 Å². The topological polar surface area (TPSA) is 12.0 Å². The second-order valence-corrected chi connectivity index (χ2v) is 3.87. The quantitative estimate of drug-likeness (QED) is 0.655. The monoisotopic (exact) mass is 215 g/mol. The largest absolute Gasteiger partial charge is 0.441 e. The van der Waals surface area contributed by atoms with Gasteiger partial charge in [-0.25, -0.2) is 0 Å². The standard InChI is InChI=1S/C8H16F3NS/c1-2-12-6-4-3-5-7-13-8(9,10)11/h12H,2-7H2,1H3. The summed E-state index contributed by atoms with van der Waals surface area (Å²) in [6.45, 7) is 3.85. The zero-order valence-electron chi connectivity index (χ0n) is 7.78. The molecular weight excluding hydrogens is 199 g/mol. The number of hydrogen-bond donors (Lipinski definition) is 1. The molecule has 80 valence electrons. The lowest BCUT2D eigenvalue weighted by atomic mass is 10.2. The second-order valence-electron chi connectivity index (χ2n) is 2.71. The number of unbranched alkanes of at least 4 members (excludes halogenated alkanes) is 2. The predicted octanol–water partition coefficient (Wildman–Crippen LogP) is 3.02. The molecule has 0 amide bonds. The van der Waals surface area contributed by atoms with E-state index < -0.39 is 5.51 Å². The van der Waals surface area contributed by atoms with Gasteiger partial charge in [0.1, 0.15) is 0 Å². The molecule has 0 saturated carbocycles. The Morgan fingerprint density at radius 1 is 1.15 bits per heavy atom. The Kier molecular flexibility index (Phi) is 7.56. The summed E-state index contributed by atoms with van der Waals surface area (Å²) in [5, 5.41) is 3.13. The summed E-state index contributed by atoms with van der Waals surface area (Å²) >= 11 is 0.0770. The summed E-state index contributed by atoms with van der Waals surface area (Å²) in [6, 6.07) is 0. The molecule has 0 aromatic rings. The van der Waals surface area contributed by atoms with Crippen molar-refractivity contribution in [2.75, 3.05) is 18.8 Å². The van der Waals surface area contributed by atoms with Crippen LogP contribution in [0.15, 0.2) is 0 Å². The molecule has 0 radical (unpaired) electrons. The first kappa shape index (κ1) is 13.1. The van der Waals surface area contributed by atoms with Gasteiger partial charge in [-0.2, -0.15) is 13.2 Å². The van der Waals surface area contributed by atoms with Gasteiger partial charge in [0.25, 0.3) is 0 Å². The lowest BCUT2D eigenvalue weighted by molar-refractivity contribution is -0.0328. The van der Waals surface area contributed by atoms with Gasteiger partial charge in [-0.1, -0.05) is 25.1 Å². The highest BCUT2D eigenvalue weighted by Gasteiger charge is 2.27. The Morgan fingerprint density at radius 3 is 2.38 bits per heavy atom. The molecule has 1 nitrogen and oxygen atoms in total. The van der Waals surface area contributed by atoms with E-state index in [1.54, 1.807) is 0 Å². The Morgan fingerprint density at radius 2 is 1.85 bits per heavy atom. The average Bonchev–Trinajstić information content (AvgIpc) is 2.01. The van der Waals surface area contributed by atoms with Crippen molar-refractivity contribution in [2.24, 2.45) is 0 Å². The van der Waals surface area contributed by atoms with Crippen LogP contribution in [0.25, 0.3) is 0 Å². The van der Waals surface area contributed by atoms with Crippen molar-refractivity contribution >= 4 is 11.8 Å². The Bertz CT molecular complexity index is 116. The van der Waals surface area contributed by atoms with Crippen LogP contribution in [0.3, 0.4) is 0 Å². The third-order valence-electron chi connectivity index (χ3n) is 1.51. The molecule has 0 fully saturated rings. The molecule has 0 unspecified atom stereocenters. The van der Waals surface area contributed by atoms with E-state index in [0.29, 0.717) is 6.42 Å². The minimum absolute atomic E-state index is 0.0770. The van der Waals surface area contributed by atoms with Crippen LogP contribution in [0.5, 0.6) is 0 Å². The minimum Gasteiger partial charge on any atom is -0.317 e. The van der Waals surface area contributed by atoms with E-state index in [9.17, 15) is 13.2 Å². The van der Waals surface area contributed by atoms with Crippen LogP contribution in [0, 0.1) is 0 Å². The van der Waals surface area contributed by atoms with E-state index in [2.05, 4.69) is 5.32 Å². The van der Waals surface area contributed by atoms with Gasteiger partial charge < -0.3 is 5.32 Å². The lowest BCUT2D eigenvalue weighted by Crippen LogP contribution is -2.13. The van der Waals surface area contributed by atoms with Crippen molar-refractivity contribution in [2.45, 2.75) is 31.7 Å². The van der Waals surface area contributed by atoms with Crippen molar-refractivity contribution in [3.63, 3.8) is 0 Å². The summed E-state index contributed by atoms with van der Waals surface area (Å²) in [5.74, 6) is 0.190. The Labute approximate surface area is 81.5 Å². The SMILES string of the molecule is CCNCCCCCSC(F)(F)F. The number of alkyl halides is 3. The van der Waals surface area contributed by atoms with Crippen molar-refractivity contribution in [1.82, 2.24) is 5.32 Å². The number of thioether (sulfide) groups is 1. The zero-order valence-corrected chi connectivity index (χ0v) is 8.60. The molecule has 0 bridgehead atoms. The maximum absolute atomic E-state index is 11.6. The molecule has 0 heterocycles. The average molecular weight is 215 g/mol. The Balaban J connectivity index is 3.00. The summed E-state index contributed by atoms with van der Waals surface area (Å²) in [4.78, 5) is 0. The molecule has 0 saturated heterocycles. The van der Waals surface area contributed by atoms with E-state index in [-0.39, 0.29) is 17.5 Å². The third-order valence-corrected chi connectivity index (χ3v) is 2.33. The second kappa shape index (κ2) is 7.50. The van der Waals surface area contributed by atoms with E-state index in [0.717, 1.165) is 25.9 Å². The third kappa shape index (κ3) is 12.1. The van der Waals surface area contributed by atoms with Crippen molar-refractivity contribution in [1.29, 1.82) is 0 Å². The van der Waals surface area contributed by atoms with E-state index in [1.807, 2.05) is 6.92 Å². The van der Waals surface area contributed by atoms with E-state index in [1.165, 1.54) is 0 Å². The van der Waals surface area contributed by atoms with Gasteiger partial charge in [0, 0.05) is 5.75 Å². The fourth-order valence-electron chi connectivity index (χ4n) is 0.894. The normalized spacial score (nSPS) is 12.0. The molecule has 0 aliphatic heterocycles. The summed E-state index contributed by atoms with van der Waals surface area (Å²) in [6.07, 6.45) is 2.48. The minimum atomic E-state index is -4.05. The molecule has 5 heteroatoms. The first-order valence-electron chi connectivity index (χ1n) is 4.47. The molecule has 1 N–H and O–H groups in total. The van der Waals surface area contributed by atoms with Crippen LogP contribution in [-0.2, 0) is 0 Å². The van der Waals surface area contributed by atoms with Gasteiger partial charge in [-0.3, -0.25) is 0 Å². The molecule has 13 heavy (non-hydrogen) atoms. The smallest absolute Gasteiger partial charge is 0.317 e. The van der Waals surface area contributed by atoms with Gasteiger partial charge >= 0.3 is 5.51 Å². The van der Waals surface area contributed by atoms with Gasteiger partial charge in [-0.15, -0.1) is 0 Å². The number of hydrogen-bond acceptors (Lipinski definition) is 2. The highest BCUT2D eigenvalue weighted by molar-refractivity contribution is 8.00. The first-order valence-corrected chi connectivity index (χ1v) is 5.46. The van der Waals surface area contributed by atoms with Gasteiger partial charge in [0.2, 0.25) is 0 Å². The van der Waals surface area contributed by atoms with Crippen LogP contribution in [0.4, 0.5) is 13.2 Å². The van der Waals surface area contributed by atoms with Crippen LogP contribution in [0.2, 0.25) is 0 Å². The van der Waals surface area contributed by atoms with Crippen LogP contribution >= 0.6 is 11.8 Å². The fraction of sp³-hybridized carbons (Fsp3) is 1.00. The van der Waals surface area contributed by atoms with Crippen molar-refractivity contribution in [3.8, 4) is 0 Å². The summed E-state index contributed by atoms with van der Waals surface area (Å²) in [7, 11) is 0. The molecule has 0 rings (SSSR count). The maximum Gasteiger partial charge on any atom is 0.441 e. The highest BCUT2D eigenvalue weighted by Crippen LogP contribution is 2.30. The van der Waals surface area contributed by atoms with E-state index >= 15 is 0 Å². The molecule has 0 aromatic heterocycles. The molecule has 0 aliphatic carbocycles.